The van der Waals surface area contributed by atoms with Crippen molar-refractivity contribution in [3.05, 3.63) is 48.0 Å². The van der Waals surface area contributed by atoms with Crippen LogP contribution in [0, 0.1) is 5.82 Å². The predicted molar refractivity (Wildman–Crippen MR) is 103 cm³/mol. The monoisotopic (exact) mass is 403 g/mol. The van der Waals surface area contributed by atoms with Gasteiger partial charge in [-0.2, -0.15) is 0 Å². The minimum absolute atomic E-state index is 0.0571. The van der Waals surface area contributed by atoms with E-state index in [1.807, 2.05) is 4.90 Å². The van der Waals surface area contributed by atoms with E-state index < -0.39 is 30.3 Å². The van der Waals surface area contributed by atoms with E-state index in [-0.39, 0.29) is 11.6 Å². The molecule has 3 rings (SSSR count). The molecule has 9 nitrogen and oxygen atoms in total. The summed E-state index contributed by atoms with van der Waals surface area (Å²) in [5, 5.41) is 23.3. The van der Waals surface area contributed by atoms with Crippen LogP contribution in [0.5, 0.6) is 0 Å². The number of aromatic nitrogens is 2. The van der Waals surface area contributed by atoms with Gasteiger partial charge in [-0.25, -0.2) is 19.2 Å². The molecule has 1 aliphatic rings. The van der Waals surface area contributed by atoms with Gasteiger partial charge in [0.25, 0.3) is 5.91 Å². The quantitative estimate of drug-likeness (QED) is 0.536. The Kier molecular flexibility index (Phi) is 6.55. The van der Waals surface area contributed by atoms with E-state index in [4.69, 9.17) is 5.11 Å². The molecule has 0 bridgehead atoms. The Balaban J connectivity index is 1.55. The smallest absolute Gasteiger partial charge is 0.334 e. The first-order valence-electron chi connectivity index (χ1n) is 9.21. The van der Waals surface area contributed by atoms with Gasteiger partial charge >= 0.3 is 5.97 Å². The van der Waals surface area contributed by atoms with Crippen LogP contribution in [-0.4, -0.2) is 63.8 Å². The lowest BCUT2D eigenvalue weighted by Crippen LogP contribution is -2.40. The largest absolute Gasteiger partial charge is 0.479 e. The van der Waals surface area contributed by atoms with Gasteiger partial charge in [-0.3, -0.25) is 4.79 Å². The van der Waals surface area contributed by atoms with Crippen molar-refractivity contribution in [1.29, 1.82) is 0 Å². The number of nitrogens with one attached hydrogen (secondary N) is 2. The van der Waals surface area contributed by atoms with Crippen LogP contribution in [0.15, 0.2) is 36.7 Å². The number of amides is 1. The molecule has 0 spiro atoms. The highest BCUT2D eigenvalue weighted by Gasteiger charge is 2.23. The molecule has 1 aliphatic heterocycles. The zero-order valence-electron chi connectivity index (χ0n) is 15.6. The number of carboxylic acids is 1. The number of hydrogen-bond acceptors (Lipinski definition) is 7. The second-order valence-corrected chi connectivity index (χ2v) is 6.71. The van der Waals surface area contributed by atoms with Crippen molar-refractivity contribution in [3.8, 4) is 0 Å². The minimum atomic E-state index is -1.71. The van der Waals surface area contributed by atoms with Crippen LogP contribution in [-0.2, 0) is 4.79 Å². The highest BCUT2D eigenvalue weighted by atomic mass is 19.1. The molecule has 1 saturated heterocycles. The number of benzene rings is 1. The Bertz CT molecular complexity index is 859. The molecule has 1 atom stereocenters. The molecule has 0 unspecified atom stereocenters. The molecule has 154 valence electrons. The van der Waals surface area contributed by atoms with Gasteiger partial charge < -0.3 is 25.7 Å². The number of rotatable bonds is 7. The fraction of sp³-hybridized carbons (Fsp3) is 0.368. The Morgan fingerprint density at radius 3 is 2.55 bits per heavy atom. The SMILES string of the molecule is O=C(NC[C@H](O)C(=O)O)c1ccc(N2CCC(Nc3ncccn3)CC2)c(F)c1. The number of hydrogen-bond donors (Lipinski definition) is 4. The highest BCUT2D eigenvalue weighted by molar-refractivity contribution is 5.94. The van der Waals surface area contributed by atoms with E-state index in [2.05, 4.69) is 20.6 Å². The first kappa shape index (κ1) is 20.5. The summed E-state index contributed by atoms with van der Waals surface area (Å²) >= 11 is 0. The molecule has 1 aromatic carbocycles. The molecule has 2 heterocycles. The van der Waals surface area contributed by atoms with Crippen LogP contribution in [0.4, 0.5) is 16.0 Å². The number of aliphatic hydroxyl groups is 1. The molecule has 0 saturated carbocycles. The predicted octanol–water partition coefficient (Wildman–Crippen LogP) is 0.872. The summed E-state index contributed by atoms with van der Waals surface area (Å²) in [6.45, 7) is 0.818. The van der Waals surface area contributed by atoms with Gasteiger partial charge in [0.05, 0.1) is 12.2 Å². The first-order chi connectivity index (χ1) is 13.9. The molecule has 4 N–H and O–H groups in total. The van der Waals surface area contributed by atoms with Gasteiger partial charge in [-0.15, -0.1) is 0 Å². The standard InChI is InChI=1S/C19H22FN5O4/c20-14-10-12(17(27)23-11-16(26)18(28)29)2-3-15(14)25-8-4-13(5-9-25)24-19-21-6-1-7-22-19/h1-3,6-7,10,13,16,26H,4-5,8-9,11H2,(H,23,27)(H,28,29)(H,21,22,24)/t16-/m0/s1. The maximum Gasteiger partial charge on any atom is 0.334 e. The Morgan fingerprint density at radius 1 is 1.24 bits per heavy atom. The second kappa shape index (κ2) is 9.28. The van der Waals surface area contributed by atoms with Crippen molar-refractivity contribution in [3.63, 3.8) is 0 Å². The molecule has 1 aromatic heterocycles. The van der Waals surface area contributed by atoms with Gasteiger partial charge in [-0.1, -0.05) is 0 Å². The van der Waals surface area contributed by atoms with E-state index in [0.29, 0.717) is 24.7 Å². The Morgan fingerprint density at radius 2 is 1.93 bits per heavy atom. The van der Waals surface area contributed by atoms with Gasteiger partial charge in [0.2, 0.25) is 5.95 Å². The molecule has 2 aromatic rings. The molecule has 0 radical (unpaired) electrons. The third-order valence-corrected chi connectivity index (χ3v) is 4.69. The van der Waals surface area contributed by atoms with Crippen molar-refractivity contribution >= 4 is 23.5 Å². The van der Waals surface area contributed by atoms with Crippen LogP contribution >= 0.6 is 0 Å². The van der Waals surface area contributed by atoms with Crippen molar-refractivity contribution < 1.29 is 24.2 Å². The molecule has 1 amide bonds. The number of nitrogens with zero attached hydrogens (tertiary/aromatic N) is 3. The van der Waals surface area contributed by atoms with Crippen molar-refractivity contribution in [2.75, 3.05) is 29.9 Å². The van der Waals surface area contributed by atoms with Crippen LogP contribution in [0.3, 0.4) is 0 Å². The van der Waals surface area contributed by atoms with Crippen LogP contribution in [0.2, 0.25) is 0 Å². The third kappa shape index (κ3) is 5.38. The topological polar surface area (TPSA) is 128 Å². The fourth-order valence-corrected chi connectivity index (χ4v) is 3.10. The average molecular weight is 403 g/mol. The maximum atomic E-state index is 14.6. The number of halogens is 1. The Hall–Kier alpha value is -3.27. The molecular formula is C19H22FN5O4. The lowest BCUT2D eigenvalue weighted by molar-refractivity contribution is -0.146. The summed E-state index contributed by atoms with van der Waals surface area (Å²) in [5.41, 5.74) is 0.461. The number of anilines is 2. The van der Waals surface area contributed by atoms with Gasteiger partial charge in [0.15, 0.2) is 6.10 Å². The number of aliphatic carboxylic acids is 1. The van der Waals surface area contributed by atoms with Gasteiger partial charge in [0.1, 0.15) is 5.82 Å². The van der Waals surface area contributed by atoms with Crippen LogP contribution in [0.1, 0.15) is 23.2 Å². The summed E-state index contributed by atoms with van der Waals surface area (Å²) in [7, 11) is 0. The maximum absolute atomic E-state index is 14.6. The summed E-state index contributed by atoms with van der Waals surface area (Å²) in [4.78, 5) is 32.8. The number of carboxylic acid groups (broad SMARTS) is 1. The molecule has 0 aliphatic carbocycles. The lowest BCUT2D eigenvalue weighted by Gasteiger charge is -2.34. The van der Waals surface area contributed by atoms with E-state index in [0.717, 1.165) is 18.9 Å². The van der Waals surface area contributed by atoms with Crippen LogP contribution in [0.25, 0.3) is 0 Å². The summed E-state index contributed by atoms with van der Waals surface area (Å²) < 4.78 is 14.6. The van der Waals surface area contributed by atoms with E-state index in [1.54, 1.807) is 18.5 Å². The summed E-state index contributed by atoms with van der Waals surface area (Å²) in [6, 6.07) is 6.06. The van der Waals surface area contributed by atoms with Crippen LogP contribution < -0.4 is 15.5 Å². The van der Waals surface area contributed by atoms with Crippen molar-refractivity contribution in [2.45, 2.75) is 25.0 Å². The number of piperidine rings is 1. The zero-order chi connectivity index (χ0) is 20.8. The van der Waals surface area contributed by atoms with E-state index >= 15 is 0 Å². The number of carbonyl (C=O) groups excluding carboxylic acids is 1. The minimum Gasteiger partial charge on any atom is -0.479 e. The summed E-state index contributed by atoms with van der Waals surface area (Å²) in [5.74, 6) is -2.06. The van der Waals surface area contributed by atoms with Crippen molar-refractivity contribution in [2.24, 2.45) is 0 Å². The number of carbonyl (C=O) groups is 2. The number of aliphatic hydroxyl groups excluding tert-OH is 1. The average Bonchev–Trinajstić information content (AvgIpc) is 2.73. The normalized spacial score (nSPS) is 15.6. The molecule has 1 fully saturated rings. The fourth-order valence-electron chi connectivity index (χ4n) is 3.10. The van der Waals surface area contributed by atoms with E-state index in [9.17, 15) is 19.1 Å². The summed E-state index contributed by atoms with van der Waals surface area (Å²) in [6.07, 6.45) is 3.19. The van der Waals surface area contributed by atoms with Gasteiger partial charge in [0, 0.05) is 37.1 Å². The zero-order valence-corrected chi connectivity index (χ0v) is 15.6. The molecule has 10 heteroatoms. The lowest BCUT2D eigenvalue weighted by atomic mass is 10.0. The second-order valence-electron chi connectivity index (χ2n) is 6.71. The van der Waals surface area contributed by atoms with Gasteiger partial charge in [-0.05, 0) is 37.1 Å². The molecular weight excluding hydrogens is 381 g/mol. The van der Waals surface area contributed by atoms with E-state index in [1.165, 1.54) is 12.1 Å². The first-order valence-corrected chi connectivity index (χ1v) is 9.21. The third-order valence-electron chi connectivity index (χ3n) is 4.69. The van der Waals surface area contributed by atoms with Crippen molar-refractivity contribution in [1.82, 2.24) is 15.3 Å². The highest BCUT2D eigenvalue weighted by Crippen LogP contribution is 2.25. The Labute approximate surface area is 166 Å². The molecule has 29 heavy (non-hydrogen) atoms.